The molecule has 1 aromatic rings. The minimum absolute atomic E-state index is 0.0541. The van der Waals surface area contributed by atoms with Gasteiger partial charge in [0.15, 0.2) is 5.69 Å². The minimum atomic E-state index is -0.716. The largest absolute Gasteiger partial charge is 0.361 e. The molecule has 1 heterocycles. The molecule has 0 N–H and O–H groups in total. The Balaban J connectivity index is 2.77. The monoisotopic (exact) mass is 194 g/mol. The van der Waals surface area contributed by atoms with Crippen LogP contribution in [0.5, 0.6) is 0 Å². The fraction of sp³-hybridized carbons (Fsp3) is 0.500. The molecule has 1 rings (SSSR count). The van der Waals surface area contributed by atoms with E-state index in [0.717, 1.165) is 0 Å². The van der Waals surface area contributed by atoms with Crippen LogP contribution in [-0.2, 0) is 6.42 Å². The second-order valence-corrected chi connectivity index (χ2v) is 3.27. The van der Waals surface area contributed by atoms with Gasteiger partial charge in [-0.1, -0.05) is 19.0 Å². The molecule has 0 fully saturated rings. The van der Waals surface area contributed by atoms with Crippen LogP contribution >= 0.6 is 0 Å². The molecule has 0 radical (unpaired) electrons. The van der Waals surface area contributed by atoms with Gasteiger partial charge in [-0.25, -0.2) is 0 Å². The first-order valence-corrected chi connectivity index (χ1v) is 4.18. The van der Waals surface area contributed by atoms with Crippen molar-refractivity contribution in [3.8, 4) is 0 Å². The molecule has 0 saturated carbocycles. The Hall–Kier alpha value is -1.81. The standard InChI is InChI=1S/C8H10N4O2/c1-5(2)3-6-4-7(11-14-6)8(13)10-12-9/h4-5H,3H2,1-2H3. The van der Waals surface area contributed by atoms with Gasteiger partial charge in [-0.05, 0) is 16.6 Å². The van der Waals surface area contributed by atoms with Gasteiger partial charge in [0.25, 0.3) is 5.91 Å². The molecule has 14 heavy (non-hydrogen) atoms. The van der Waals surface area contributed by atoms with Crippen molar-refractivity contribution in [3.05, 3.63) is 28.0 Å². The number of hydrogen-bond acceptors (Lipinski definition) is 3. The first-order valence-electron chi connectivity index (χ1n) is 4.18. The van der Waals surface area contributed by atoms with Crippen molar-refractivity contribution in [3.63, 3.8) is 0 Å². The van der Waals surface area contributed by atoms with Crippen LogP contribution < -0.4 is 0 Å². The summed E-state index contributed by atoms with van der Waals surface area (Å²) in [5.41, 5.74) is 8.08. The third kappa shape index (κ3) is 2.60. The van der Waals surface area contributed by atoms with Crippen LogP contribution in [0.15, 0.2) is 15.7 Å². The summed E-state index contributed by atoms with van der Waals surface area (Å²) >= 11 is 0. The highest BCUT2D eigenvalue weighted by atomic mass is 16.5. The average Bonchev–Trinajstić information content (AvgIpc) is 2.52. The second kappa shape index (κ2) is 4.43. The quantitative estimate of drug-likeness (QED) is 0.420. The van der Waals surface area contributed by atoms with Gasteiger partial charge in [0, 0.05) is 17.4 Å². The van der Waals surface area contributed by atoms with Gasteiger partial charge in [0.2, 0.25) is 0 Å². The lowest BCUT2D eigenvalue weighted by Crippen LogP contribution is -1.93. The number of nitrogens with zero attached hydrogens (tertiary/aromatic N) is 4. The summed E-state index contributed by atoms with van der Waals surface area (Å²) in [6.45, 7) is 4.05. The molecule has 0 aromatic carbocycles. The highest BCUT2D eigenvalue weighted by Crippen LogP contribution is 2.10. The normalized spacial score (nSPS) is 9.93. The van der Waals surface area contributed by atoms with Gasteiger partial charge >= 0.3 is 0 Å². The van der Waals surface area contributed by atoms with Crippen LogP contribution in [0.25, 0.3) is 10.4 Å². The van der Waals surface area contributed by atoms with Gasteiger partial charge in [-0.2, -0.15) is 0 Å². The number of hydrogen-bond donors (Lipinski definition) is 0. The second-order valence-electron chi connectivity index (χ2n) is 3.27. The molecule has 0 bridgehead atoms. The van der Waals surface area contributed by atoms with Crippen molar-refractivity contribution in [1.82, 2.24) is 5.16 Å². The van der Waals surface area contributed by atoms with Crippen molar-refractivity contribution < 1.29 is 9.32 Å². The summed E-state index contributed by atoms with van der Waals surface area (Å²) < 4.78 is 4.89. The van der Waals surface area contributed by atoms with Gasteiger partial charge in [0.05, 0.1) is 0 Å². The first-order chi connectivity index (χ1) is 6.63. The zero-order chi connectivity index (χ0) is 10.6. The maximum absolute atomic E-state index is 11.0. The molecule has 1 amide bonds. The van der Waals surface area contributed by atoms with E-state index >= 15 is 0 Å². The van der Waals surface area contributed by atoms with E-state index in [1.807, 2.05) is 13.8 Å². The van der Waals surface area contributed by atoms with E-state index in [0.29, 0.717) is 18.1 Å². The summed E-state index contributed by atoms with van der Waals surface area (Å²) in [6.07, 6.45) is 0.705. The highest BCUT2D eigenvalue weighted by Gasteiger charge is 2.11. The minimum Gasteiger partial charge on any atom is -0.361 e. The SMILES string of the molecule is CC(C)Cc1cc(C(=O)N=[N+]=[N-])no1. The summed E-state index contributed by atoms with van der Waals surface area (Å²) in [6, 6.07) is 1.50. The van der Waals surface area contributed by atoms with Gasteiger partial charge in [-0.3, -0.25) is 4.79 Å². The Bertz CT molecular complexity index is 376. The topological polar surface area (TPSA) is 91.9 Å². The molecule has 6 nitrogen and oxygen atoms in total. The fourth-order valence-corrected chi connectivity index (χ4v) is 1.00. The van der Waals surface area contributed by atoms with E-state index in [1.54, 1.807) is 0 Å². The predicted octanol–water partition coefficient (Wildman–Crippen LogP) is 2.32. The lowest BCUT2D eigenvalue weighted by molar-refractivity contribution is 0.0991. The Morgan fingerprint density at radius 3 is 3.07 bits per heavy atom. The van der Waals surface area contributed by atoms with E-state index in [4.69, 9.17) is 10.1 Å². The van der Waals surface area contributed by atoms with E-state index in [-0.39, 0.29) is 5.69 Å². The molecule has 6 heteroatoms. The number of carbonyl (C=O) groups is 1. The fourth-order valence-electron chi connectivity index (χ4n) is 1.00. The molecule has 0 aliphatic heterocycles. The number of carbonyl (C=O) groups excluding carboxylic acids is 1. The Kier molecular flexibility index (Phi) is 3.25. The zero-order valence-corrected chi connectivity index (χ0v) is 7.97. The Morgan fingerprint density at radius 2 is 2.50 bits per heavy atom. The number of azide groups is 1. The molecule has 0 unspecified atom stereocenters. The van der Waals surface area contributed by atoms with E-state index in [9.17, 15) is 4.79 Å². The van der Waals surface area contributed by atoms with Crippen LogP contribution in [0.3, 0.4) is 0 Å². The Morgan fingerprint density at radius 1 is 1.79 bits per heavy atom. The van der Waals surface area contributed by atoms with E-state index < -0.39 is 5.91 Å². The number of aromatic nitrogens is 1. The van der Waals surface area contributed by atoms with Gasteiger partial charge in [0.1, 0.15) is 5.76 Å². The molecule has 0 saturated heterocycles. The number of rotatable bonds is 3. The van der Waals surface area contributed by atoms with Crippen molar-refractivity contribution >= 4 is 5.91 Å². The van der Waals surface area contributed by atoms with E-state index in [2.05, 4.69) is 15.2 Å². The molecule has 74 valence electrons. The molecule has 0 spiro atoms. The van der Waals surface area contributed by atoms with Crippen LogP contribution in [-0.4, -0.2) is 11.1 Å². The van der Waals surface area contributed by atoms with Crippen molar-refractivity contribution in [2.24, 2.45) is 11.0 Å². The van der Waals surface area contributed by atoms with Crippen LogP contribution in [0.4, 0.5) is 0 Å². The lowest BCUT2D eigenvalue weighted by Gasteiger charge is -1.96. The molecule has 1 aromatic heterocycles. The van der Waals surface area contributed by atoms with Crippen LogP contribution in [0, 0.1) is 5.92 Å². The van der Waals surface area contributed by atoms with Crippen molar-refractivity contribution in [2.75, 3.05) is 0 Å². The number of amides is 1. The molecule has 0 atom stereocenters. The Labute approximate surface area is 80.5 Å². The third-order valence-electron chi connectivity index (χ3n) is 1.52. The molecule has 0 aliphatic carbocycles. The predicted molar refractivity (Wildman–Crippen MR) is 48.5 cm³/mol. The summed E-state index contributed by atoms with van der Waals surface area (Å²) in [5, 5.41) is 6.40. The van der Waals surface area contributed by atoms with Crippen molar-refractivity contribution in [1.29, 1.82) is 0 Å². The third-order valence-corrected chi connectivity index (χ3v) is 1.52. The van der Waals surface area contributed by atoms with Crippen LogP contribution in [0.2, 0.25) is 0 Å². The molecular formula is C8H10N4O2. The summed E-state index contributed by atoms with van der Waals surface area (Å²) in [4.78, 5) is 13.4. The van der Waals surface area contributed by atoms with Gasteiger partial charge < -0.3 is 4.52 Å². The smallest absolute Gasteiger partial charge is 0.270 e. The highest BCUT2D eigenvalue weighted by molar-refractivity contribution is 5.92. The van der Waals surface area contributed by atoms with Gasteiger partial charge in [-0.15, -0.1) is 0 Å². The summed E-state index contributed by atoms with van der Waals surface area (Å²) in [7, 11) is 0. The van der Waals surface area contributed by atoms with E-state index in [1.165, 1.54) is 6.07 Å². The van der Waals surface area contributed by atoms with Crippen LogP contribution in [0.1, 0.15) is 30.1 Å². The first kappa shape index (κ1) is 10.3. The molecule has 0 aliphatic rings. The lowest BCUT2D eigenvalue weighted by atomic mass is 10.1. The van der Waals surface area contributed by atoms with Crippen molar-refractivity contribution in [2.45, 2.75) is 20.3 Å². The zero-order valence-electron chi connectivity index (χ0n) is 7.97. The molecular weight excluding hydrogens is 184 g/mol. The maximum atomic E-state index is 11.0. The average molecular weight is 194 g/mol. The maximum Gasteiger partial charge on any atom is 0.270 e. The summed E-state index contributed by atoms with van der Waals surface area (Å²) in [5.74, 6) is 0.327.